The first-order valence-electron chi connectivity index (χ1n) is 9.80. The van der Waals surface area contributed by atoms with Crippen LogP contribution in [0.4, 0.5) is 15.9 Å². The van der Waals surface area contributed by atoms with Gasteiger partial charge in [-0.05, 0) is 38.0 Å². The fraction of sp³-hybridized carbons (Fsp3) is 0.400. The molecule has 1 saturated heterocycles. The molecule has 166 valence electrons. The van der Waals surface area contributed by atoms with Crippen LogP contribution < -0.4 is 9.62 Å². The number of nitrogens with zero attached hydrogens (tertiary/aromatic N) is 4. The number of thiazole rings is 2. The summed E-state index contributed by atoms with van der Waals surface area (Å²) in [5.74, 6) is -0.590. The minimum absolute atomic E-state index is 0.185. The van der Waals surface area contributed by atoms with Crippen LogP contribution >= 0.6 is 22.7 Å². The maximum atomic E-state index is 14.9. The van der Waals surface area contributed by atoms with E-state index in [1.807, 2.05) is 14.0 Å². The first-order chi connectivity index (χ1) is 14.7. The van der Waals surface area contributed by atoms with E-state index in [-0.39, 0.29) is 16.8 Å². The van der Waals surface area contributed by atoms with Gasteiger partial charge in [0.15, 0.2) is 5.82 Å². The van der Waals surface area contributed by atoms with E-state index in [0.717, 1.165) is 36.8 Å². The Labute approximate surface area is 189 Å². The summed E-state index contributed by atoms with van der Waals surface area (Å²) in [6.45, 7) is 6.41. The summed E-state index contributed by atoms with van der Waals surface area (Å²) in [6, 6.07) is 2.92. The lowest BCUT2D eigenvalue weighted by atomic mass is 10.1. The molecule has 1 aliphatic rings. The lowest BCUT2D eigenvalue weighted by Crippen LogP contribution is -2.35. The van der Waals surface area contributed by atoms with Crippen molar-refractivity contribution in [3.63, 3.8) is 0 Å². The molecule has 1 aliphatic heterocycles. The fourth-order valence-corrected chi connectivity index (χ4v) is 6.34. The number of aromatic nitrogens is 2. The summed E-state index contributed by atoms with van der Waals surface area (Å²) < 4.78 is 42.4. The molecule has 1 N–H and O–H groups in total. The second kappa shape index (κ2) is 8.81. The lowest BCUT2D eigenvalue weighted by Gasteiger charge is -2.29. The monoisotopic (exact) mass is 481 g/mol. The van der Waals surface area contributed by atoms with Crippen LogP contribution in [0.1, 0.15) is 22.7 Å². The Morgan fingerprint density at radius 3 is 2.81 bits per heavy atom. The number of halogens is 1. The van der Waals surface area contributed by atoms with Gasteiger partial charge in [-0.25, -0.2) is 22.8 Å². The zero-order valence-electron chi connectivity index (χ0n) is 17.5. The third kappa shape index (κ3) is 4.89. The Morgan fingerprint density at radius 1 is 1.32 bits per heavy atom. The summed E-state index contributed by atoms with van der Waals surface area (Å²) in [7, 11) is -2.12. The van der Waals surface area contributed by atoms with Crippen LogP contribution in [-0.4, -0.2) is 49.5 Å². The van der Waals surface area contributed by atoms with Crippen molar-refractivity contribution in [2.75, 3.05) is 29.8 Å². The summed E-state index contributed by atoms with van der Waals surface area (Å²) in [4.78, 5) is 12.5. The van der Waals surface area contributed by atoms with E-state index in [1.165, 1.54) is 29.0 Å². The molecular formula is C20H24FN5O2S3. The van der Waals surface area contributed by atoms with Gasteiger partial charge in [-0.3, -0.25) is 9.62 Å². The molecule has 0 saturated carbocycles. The molecule has 0 aliphatic carbocycles. The van der Waals surface area contributed by atoms with Crippen LogP contribution in [0.2, 0.25) is 0 Å². The normalized spacial score (nSPS) is 17.2. The molecule has 1 atom stereocenters. The zero-order chi connectivity index (χ0) is 22.2. The zero-order valence-corrected chi connectivity index (χ0v) is 20.0. The Bertz CT molecular complexity index is 1160. The van der Waals surface area contributed by atoms with E-state index < -0.39 is 15.8 Å². The summed E-state index contributed by atoms with van der Waals surface area (Å²) in [5.41, 5.74) is 3.95. The molecule has 2 aromatic heterocycles. The van der Waals surface area contributed by atoms with Crippen LogP contribution in [0.3, 0.4) is 0 Å². The molecule has 11 heteroatoms. The Balaban J connectivity index is 1.49. The second-order valence-electron chi connectivity index (χ2n) is 7.72. The Kier molecular flexibility index (Phi) is 6.29. The van der Waals surface area contributed by atoms with Gasteiger partial charge in [0.1, 0.15) is 15.7 Å². The number of rotatable bonds is 7. The molecule has 7 nitrogen and oxygen atoms in total. The first kappa shape index (κ1) is 22.1. The van der Waals surface area contributed by atoms with Crippen molar-refractivity contribution in [2.24, 2.45) is 0 Å². The average molecular weight is 482 g/mol. The van der Waals surface area contributed by atoms with Crippen molar-refractivity contribution in [2.45, 2.75) is 37.8 Å². The van der Waals surface area contributed by atoms with Gasteiger partial charge >= 0.3 is 0 Å². The molecule has 0 bridgehead atoms. The summed E-state index contributed by atoms with van der Waals surface area (Å²) in [6.07, 6.45) is 0.952. The summed E-state index contributed by atoms with van der Waals surface area (Å²) >= 11 is 2.93. The van der Waals surface area contributed by atoms with Crippen molar-refractivity contribution in [1.82, 2.24) is 14.9 Å². The molecule has 0 radical (unpaired) electrons. The van der Waals surface area contributed by atoms with Gasteiger partial charge in [-0.15, -0.1) is 22.7 Å². The van der Waals surface area contributed by atoms with Crippen molar-refractivity contribution in [1.29, 1.82) is 0 Å². The molecule has 0 unspecified atom stereocenters. The number of nitrogens with one attached hydrogen (secondary N) is 1. The third-order valence-electron chi connectivity index (χ3n) is 5.41. The van der Waals surface area contributed by atoms with E-state index in [4.69, 9.17) is 0 Å². The van der Waals surface area contributed by atoms with Gasteiger partial charge in [0.05, 0.1) is 12.1 Å². The minimum atomic E-state index is -4.05. The number of hydrogen-bond donors (Lipinski definition) is 1. The highest BCUT2D eigenvalue weighted by atomic mass is 32.2. The number of aryl methyl sites for hydroxylation is 2. The largest absolute Gasteiger partial charge is 0.370 e. The fourth-order valence-electron chi connectivity index (χ4n) is 3.82. The van der Waals surface area contributed by atoms with Crippen LogP contribution in [-0.2, 0) is 16.6 Å². The molecule has 0 amide bonds. The topological polar surface area (TPSA) is 78.4 Å². The molecule has 3 aromatic rings. The van der Waals surface area contributed by atoms with Crippen LogP contribution in [0.15, 0.2) is 33.3 Å². The molecular weight excluding hydrogens is 457 g/mol. The maximum Gasteiger partial charge on any atom is 0.266 e. The van der Waals surface area contributed by atoms with E-state index in [1.54, 1.807) is 23.6 Å². The third-order valence-corrected chi connectivity index (χ3v) is 8.32. The van der Waals surface area contributed by atoms with Crippen LogP contribution in [0, 0.1) is 19.7 Å². The van der Waals surface area contributed by atoms with Crippen molar-refractivity contribution >= 4 is 44.2 Å². The molecule has 0 spiro atoms. The number of sulfonamides is 1. The van der Waals surface area contributed by atoms with Gasteiger partial charge in [0.25, 0.3) is 10.0 Å². The van der Waals surface area contributed by atoms with E-state index in [0.29, 0.717) is 11.3 Å². The number of benzene rings is 1. The van der Waals surface area contributed by atoms with Gasteiger partial charge in [-0.2, -0.15) is 0 Å². The number of likely N-dealkylation sites (tertiary alicyclic amines) is 1. The van der Waals surface area contributed by atoms with Gasteiger partial charge in [0, 0.05) is 48.3 Å². The number of anilines is 2. The van der Waals surface area contributed by atoms with Gasteiger partial charge in [-0.1, -0.05) is 0 Å². The van der Waals surface area contributed by atoms with Crippen LogP contribution in [0.25, 0.3) is 0 Å². The minimum Gasteiger partial charge on any atom is -0.370 e. The van der Waals surface area contributed by atoms with Crippen molar-refractivity contribution in [3.05, 3.63) is 50.5 Å². The predicted octanol–water partition coefficient (Wildman–Crippen LogP) is 3.87. The first-order valence-corrected chi connectivity index (χ1v) is 13.1. The highest BCUT2D eigenvalue weighted by Gasteiger charge is 2.29. The Morgan fingerprint density at radius 2 is 2.13 bits per heavy atom. The van der Waals surface area contributed by atoms with Crippen molar-refractivity contribution < 1.29 is 12.8 Å². The number of likely N-dealkylation sites (N-methyl/N-ethyl adjacent to an activating group) is 1. The highest BCUT2D eigenvalue weighted by Crippen LogP contribution is 2.30. The summed E-state index contributed by atoms with van der Waals surface area (Å²) in [5, 5.41) is 4.72. The standard InChI is InChI=1S/C20H24FN5O2S3/c1-13-6-18(31(27,28)24-19-11-29-12-22-19)16(21)7-17(13)25(3)15-4-5-26(8-15)9-20-23-14(2)10-30-20/h6-7,10-12,15,24H,4-5,8-9H2,1-3H3/t15-/m0/s1. The smallest absolute Gasteiger partial charge is 0.266 e. The van der Waals surface area contributed by atoms with E-state index in [2.05, 4.69) is 29.9 Å². The molecule has 31 heavy (non-hydrogen) atoms. The van der Waals surface area contributed by atoms with E-state index >= 15 is 0 Å². The lowest BCUT2D eigenvalue weighted by molar-refractivity contribution is 0.325. The van der Waals surface area contributed by atoms with Crippen LogP contribution in [0.5, 0.6) is 0 Å². The molecule has 3 heterocycles. The molecule has 1 aromatic carbocycles. The van der Waals surface area contributed by atoms with E-state index in [9.17, 15) is 12.8 Å². The average Bonchev–Trinajstić information content (AvgIpc) is 3.46. The second-order valence-corrected chi connectivity index (χ2v) is 11.0. The molecule has 1 fully saturated rings. The predicted molar refractivity (Wildman–Crippen MR) is 123 cm³/mol. The highest BCUT2D eigenvalue weighted by molar-refractivity contribution is 7.92. The van der Waals surface area contributed by atoms with Gasteiger partial charge < -0.3 is 4.90 Å². The quantitative estimate of drug-likeness (QED) is 0.552. The molecule has 4 rings (SSSR count). The Hall–Kier alpha value is -2.08. The van der Waals surface area contributed by atoms with Crippen molar-refractivity contribution in [3.8, 4) is 0 Å². The maximum absolute atomic E-state index is 14.9. The SMILES string of the molecule is Cc1csc(CN2CC[C@H](N(C)c3cc(F)c(S(=O)(=O)Nc4cscn4)cc3C)C2)n1. The number of hydrogen-bond acceptors (Lipinski definition) is 8. The van der Waals surface area contributed by atoms with Gasteiger partial charge in [0.2, 0.25) is 0 Å².